The number of hydrogen-bond donors (Lipinski definition) is 2. The number of phenolic OH excluding ortho intramolecular Hbond substituents is 1. The van der Waals surface area contributed by atoms with Crippen molar-refractivity contribution in [2.45, 2.75) is 0 Å². The van der Waals surface area contributed by atoms with Crippen molar-refractivity contribution < 1.29 is 9.90 Å². The molecule has 0 aliphatic rings. The smallest absolute Gasteiger partial charge is 0.281 e. The Balaban J connectivity index is 2.06. The summed E-state index contributed by atoms with van der Waals surface area (Å²) in [6.07, 6.45) is 1.38. The third kappa shape index (κ3) is 3.91. The number of aromatic hydroxyl groups is 1. The van der Waals surface area contributed by atoms with Crippen LogP contribution in [0.25, 0.3) is 0 Å². The van der Waals surface area contributed by atoms with Gasteiger partial charge in [0.1, 0.15) is 5.75 Å². The van der Waals surface area contributed by atoms with E-state index in [0.717, 1.165) is 12.7 Å². The number of thiophene rings is 1. The molecule has 4 nitrogen and oxygen atoms in total. The number of rotatable bonds is 3. The van der Waals surface area contributed by atoms with E-state index >= 15 is 0 Å². The fraction of sp³-hybridized carbons (Fsp3) is 0. The molecule has 0 radical (unpaired) electrons. The molecule has 2 rings (SSSR count). The van der Waals surface area contributed by atoms with Crippen LogP contribution in [0.3, 0.4) is 0 Å². The van der Waals surface area contributed by atoms with E-state index in [0.29, 0.717) is 10.4 Å². The average Bonchev–Trinajstić information content (AvgIpc) is 2.74. The van der Waals surface area contributed by atoms with Gasteiger partial charge >= 0.3 is 0 Å². The molecule has 0 unspecified atom stereocenters. The Labute approximate surface area is 144 Å². The molecular weight excluding hydrogens is 476 g/mol. The molecule has 0 aliphatic heterocycles. The highest BCUT2D eigenvalue weighted by Gasteiger charge is 2.11. The SMILES string of the molecule is O=C(N/N=C/c1cc(Br)ccc1O)c1cc(Br)c(Br)s1. The van der Waals surface area contributed by atoms with E-state index in [-0.39, 0.29) is 11.7 Å². The first-order chi connectivity index (χ1) is 9.47. The molecule has 2 N–H and O–H groups in total. The van der Waals surface area contributed by atoms with Gasteiger partial charge in [-0.15, -0.1) is 11.3 Å². The summed E-state index contributed by atoms with van der Waals surface area (Å²) >= 11 is 11.2. The molecule has 0 atom stereocenters. The summed E-state index contributed by atoms with van der Waals surface area (Å²) in [4.78, 5) is 12.4. The molecule has 0 bridgehead atoms. The number of phenols is 1. The zero-order valence-corrected chi connectivity index (χ0v) is 15.3. The number of nitrogens with one attached hydrogen (secondary N) is 1. The molecule has 2 aromatic rings. The monoisotopic (exact) mass is 480 g/mol. The van der Waals surface area contributed by atoms with E-state index in [2.05, 4.69) is 58.3 Å². The predicted molar refractivity (Wildman–Crippen MR) is 90.6 cm³/mol. The number of carbonyl (C=O) groups is 1. The number of halogens is 3. The summed E-state index contributed by atoms with van der Waals surface area (Å²) in [5.41, 5.74) is 2.92. The number of carbonyl (C=O) groups excluding carboxylic acids is 1. The first-order valence-electron chi connectivity index (χ1n) is 5.24. The van der Waals surface area contributed by atoms with Gasteiger partial charge < -0.3 is 5.11 Å². The fourth-order valence-electron chi connectivity index (χ4n) is 1.30. The van der Waals surface area contributed by atoms with Crippen molar-refractivity contribution >= 4 is 71.2 Å². The second-order valence-electron chi connectivity index (χ2n) is 3.63. The normalized spacial score (nSPS) is 10.9. The Morgan fingerprint density at radius 3 is 2.70 bits per heavy atom. The average molecular weight is 483 g/mol. The number of hydrazone groups is 1. The Hall–Kier alpha value is -0.700. The minimum Gasteiger partial charge on any atom is -0.507 e. The zero-order valence-electron chi connectivity index (χ0n) is 9.73. The van der Waals surface area contributed by atoms with Crippen LogP contribution >= 0.6 is 59.1 Å². The molecule has 0 fully saturated rings. The lowest BCUT2D eigenvalue weighted by Crippen LogP contribution is -2.16. The lowest BCUT2D eigenvalue weighted by atomic mass is 10.2. The quantitative estimate of drug-likeness (QED) is 0.499. The summed E-state index contributed by atoms with van der Waals surface area (Å²) < 4.78 is 2.48. The third-order valence-electron chi connectivity index (χ3n) is 2.23. The van der Waals surface area contributed by atoms with Crippen molar-refractivity contribution in [2.24, 2.45) is 5.10 Å². The van der Waals surface area contributed by atoms with Crippen molar-refractivity contribution in [2.75, 3.05) is 0 Å². The lowest BCUT2D eigenvalue weighted by molar-refractivity contribution is 0.0959. The summed E-state index contributed by atoms with van der Waals surface area (Å²) in [6, 6.07) is 6.66. The van der Waals surface area contributed by atoms with Crippen LogP contribution < -0.4 is 5.43 Å². The van der Waals surface area contributed by atoms with E-state index in [1.165, 1.54) is 17.6 Å². The van der Waals surface area contributed by atoms with Crippen LogP contribution in [0.4, 0.5) is 0 Å². The van der Waals surface area contributed by atoms with Gasteiger partial charge in [-0.2, -0.15) is 5.10 Å². The zero-order chi connectivity index (χ0) is 14.7. The van der Waals surface area contributed by atoms with Crippen LogP contribution in [-0.4, -0.2) is 17.2 Å². The van der Waals surface area contributed by atoms with Gasteiger partial charge in [-0.25, -0.2) is 5.43 Å². The minimum absolute atomic E-state index is 0.0906. The van der Waals surface area contributed by atoms with Gasteiger partial charge in [0.25, 0.3) is 5.91 Å². The number of hydrogen-bond acceptors (Lipinski definition) is 4. The van der Waals surface area contributed by atoms with E-state index < -0.39 is 0 Å². The number of amides is 1. The Morgan fingerprint density at radius 1 is 1.30 bits per heavy atom. The van der Waals surface area contributed by atoms with E-state index in [1.807, 2.05) is 0 Å². The highest BCUT2D eigenvalue weighted by molar-refractivity contribution is 9.13. The van der Waals surface area contributed by atoms with Crippen molar-refractivity contribution in [1.82, 2.24) is 5.43 Å². The lowest BCUT2D eigenvalue weighted by Gasteiger charge is -1.99. The number of benzene rings is 1. The fourth-order valence-corrected chi connectivity index (χ4v) is 3.61. The van der Waals surface area contributed by atoms with Gasteiger partial charge in [0.05, 0.1) is 14.9 Å². The van der Waals surface area contributed by atoms with Gasteiger partial charge in [0, 0.05) is 14.5 Å². The maximum atomic E-state index is 11.8. The van der Waals surface area contributed by atoms with Crippen molar-refractivity contribution in [3.05, 3.63) is 47.4 Å². The molecule has 20 heavy (non-hydrogen) atoms. The molecule has 0 spiro atoms. The summed E-state index contributed by atoms with van der Waals surface area (Å²) in [5, 5.41) is 13.5. The molecule has 0 aliphatic carbocycles. The molecule has 1 amide bonds. The highest BCUT2D eigenvalue weighted by atomic mass is 79.9. The summed E-state index contributed by atoms with van der Waals surface area (Å²) in [6.45, 7) is 0. The Kier molecular flexibility index (Phi) is 5.36. The van der Waals surface area contributed by atoms with Gasteiger partial charge in [-0.1, -0.05) is 15.9 Å². The highest BCUT2D eigenvalue weighted by Crippen LogP contribution is 2.32. The van der Waals surface area contributed by atoms with Gasteiger partial charge in [-0.05, 0) is 56.1 Å². The first-order valence-corrected chi connectivity index (χ1v) is 8.43. The van der Waals surface area contributed by atoms with Crippen molar-refractivity contribution in [3.8, 4) is 5.75 Å². The van der Waals surface area contributed by atoms with Crippen LogP contribution in [-0.2, 0) is 0 Å². The van der Waals surface area contributed by atoms with Crippen molar-refractivity contribution in [3.63, 3.8) is 0 Å². The Morgan fingerprint density at radius 2 is 2.05 bits per heavy atom. The van der Waals surface area contributed by atoms with Crippen molar-refractivity contribution in [1.29, 1.82) is 0 Å². The van der Waals surface area contributed by atoms with E-state index in [1.54, 1.807) is 24.3 Å². The van der Waals surface area contributed by atoms with Gasteiger partial charge in [0.2, 0.25) is 0 Å². The molecular formula is C12H7Br3N2O2S. The molecule has 1 aromatic heterocycles. The van der Waals surface area contributed by atoms with Gasteiger partial charge in [-0.3, -0.25) is 4.79 Å². The second kappa shape index (κ2) is 6.84. The van der Waals surface area contributed by atoms with Crippen LogP contribution in [0.2, 0.25) is 0 Å². The van der Waals surface area contributed by atoms with E-state index in [4.69, 9.17) is 0 Å². The van der Waals surface area contributed by atoms with Gasteiger partial charge in [0.15, 0.2) is 0 Å². The third-order valence-corrected chi connectivity index (χ3v) is 5.98. The maximum absolute atomic E-state index is 11.8. The van der Waals surface area contributed by atoms with Crippen LogP contribution in [0.5, 0.6) is 5.75 Å². The van der Waals surface area contributed by atoms with E-state index in [9.17, 15) is 9.90 Å². The molecule has 0 saturated heterocycles. The first kappa shape index (κ1) is 15.7. The summed E-state index contributed by atoms with van der Waals surface area (Å²) in [7, 11) is 0. The van der Waals surface area contributed by atoms with Crippen LogP contribution in [0, 0.1) is 0 Å². The minimum atomic E-state index is -0.313. The molecule has 1 aromatic carbocycles. The standard InChI is InChI=1S/C12H7Br3N2O2S/c13-7-1-2-9(18)6(3-7)5-16-17-12(19)10-4-8(14)11(15)20-10/h1-5,18H,(H,17,19)/b16-5+. The molecule has 8 heteroatoms. The van der Waals surface area contributed by atoms with Crippen LogP contribution in [0.15, 0.2) is 42.1 Å². The second-order valence-corrected chi connectivity index (χ2v) is 7.77. The predicted octanol–water partition coefficient (Wildman–Crippen LogP) is 4.51. The van der Waals surface area contributed by atoms with Crippen LogP contribution in [0.1, 0.15) is 15.2 Å². The molecule has 0 saturated carbocycles. The topological polar surface area (TPSA) is 61.7 Å². The largest absolute Gasteiger partial charge is 0.507 e. The molecule has 1 heterocycles. The number of nitrogens with zero attached hydrogens (tertiary/aromatic N) is 1. The Bertz CT molecular complexity index is 666. The molecule has 104 valence electrons. The summed E-state index contributed by atoms with van der Waals surface area (Å²) in [5.74, 6) is -0.222. The maximum Gasteiger partial charge on any atom is 0.281 e.